The van der Waals surface area contributed by atoms with E-state index < -0.39 is 8.32 Å². The molecular formula is C22H28ClN5OSi. The van der Waals surface area contributed by atoms with E-state index in [9.17, 15) is 0 Å². The van der Waals surface area contributed by atoms with Crippen molar-refractivity contribution in [1.29, 1.82) is 0 Å². The van der Waals surface area contributed by atoms with Gasteiger partial charge in [0.25, 0.3) is 0 Å². The standard InChI is InChI=1S/C22H28ClN5OSi/c1-22(2,3)30(4,5)29-15-18(16-10-7-6-8-11-16)27-20-17(14-26-21(23)28-20)19-24-12-9-13-25-19/h6-14,18H,15H2,1-5H3,(H,26,27,28). The van der Waals surface area contributed by atoms with Crippen molar-refractivity contribution in [1.82, 2.24) is 19.9 Å². The van der Waals surface area contributed by atoms with Crippen LogP contribution < -0.4 is 5.32 Å². The molecule has 2 heterocycles. The Morgan fingerprint density at radius 3 is 2.33 bits per heavy atom. The monoisotopic (exact) mass is 441 g/mol. The first kappa shape index (κ1) is 22.3. The van der Waals surface area contributed by atoms with Crippen LogP contribution in [0, 0.1) is 0 Å². The van der Waals surface area contributed by atoms with Crippen molar-refractivity contribution in [3.05, 3.63) is 65.8 Å². The maximum absolute atomic E-state index is 6.53. The zero-order valence-corrected chi connectivity index (χ0v) is 19.8. The molecule has 1 unspecified atom stereocenters. The van der Waals surface area contributed by atoms with Crippen LogP contribution in [0.15, 0.2) is 55.0 Å². The predicted octanol–water partition coefficient (Wildman–Crippen LogP) is 5.76. The first-order chi connectivity index (χ1) is 14.2. The van der Waals surface area contributed by atoms with Gasteiger partial charge in [-0.1, -0.05) is 51.1 Å². The maximum atomic E-state index is 6.53. The lowest BCUT2D eigenvalue weighted by Crippen LogP contribution is -2.42. The van der Waals surface area contributed by atoms with Crippen molar-refractivity contribution >= 4 is 25.7 Å². The predicted molar refractivity (Wildman–Crippen MR) is 124 cm³/mol. The molecule has 1 N–H and O–H groups in total. The summed E-state index contributed by atoms with van der Waals surface area (Å²) in [4.78, 5) is 17.2. The van der Waals surface area contributed by atoms with Crippen LogP contribution in [-0.4, -0.2) is 34.9 Å². The third kappa shape index (κ3) is 5.41. The fourth-order valence-corrected chi connectivity index (χ4v) is 3.80. The van der Waals surface area contributed by atoms with E-state index in [4.69, 9.17) is 16.0 Å². The van der Waals surface area contributed by atoms with Gasteiger partial charge in [0, 0.05) is 18.6 Å². The van der Waals surface area contributed by atoms with Crippen LogP contribution in [0.25, 0.3) is 11.4 Å². The highest BCUT2D eigenvalue weighted by Crippen LogP contribution is 2.37. The summed E-state index contributed by atoms with van der Waals surface area (Å²) in [6.07, 6.45) is 5.02. The SMILES string of the molecule is CC(C)(C)[Si](C)(C)OCC(Nc1nc(Cl)ncc1-c1ncccn1)c1ccccc1. The van der Waals surface area contributed by atoms with E-state index in [1.807, 2.05) is 18.2 Å². The number of nitrogens with one attached hydrogen (secondary N) is 1. The van der Waals surface area contributed by atoms with Crippen LogP contribution in [0.1, 0.15) is 32.4 Å². The number of hydrogen-bond acceptors (Lipinski definition) is 6. The average Bonchev–Trinajstić information content (AvgIpc) is 2.71. The Labute approximate surface area is 184 Å². The molecule has 0 aliphatic heterocycles. The molecule has 0 aliphatic carbocycles. The van der Waals surface area contributed by atoms with Crippen LogP contribution in [0.5, 0.6) is 0 Å². The van der Waals surface area contributed by atoms with E-state index in [1.165, 1.54) is 0 Å². The number of hydrogen-bond donors (Lipinski definition) is 1. The van der Waals surface area contributed by atoms with E-state index in [0.29, 0.717) is 23.8 Å². The van der Waals surface area contributed by atoms with Gasteiger partial charge in [0.05, 0.1) is 18.2 Å². The number of benzene rings is 1. The molecule has 0 amide bonds. The topological polar surface area (TPSA) is 72.8 Å². The van der Waals surface area contributed by atoms with Gasteiger partial charge >= 0.3 is 0 Å². The number of halogens is 1. The summed E-state index contributed by atoms with van der Waals surface area (Å²) in [6, 6.07) is 11.8. The minimum atomic E-state index is -1.93. The fourth-order valence-electron chi connectivity index (χ4n) is 2.65. The fraction of sp³-hybridized carbons (Fsp3) is 0.364. The summed E-state index contributed by atoms with van der Waals surface area (Å²) in [5, 5.41) is 3.79. The van der Waals surface area contributed by atoms with Crippen LogP contribution in [0.2, 0.25) is 23.4 Å². The summed E-state index contributed by atoms with van der Waals surface area (Å²) < 4.78 is 6.53. The lowest BCUT2D eigenvalue weighted by atomic mass is 10.1. The molecule has 1 aromatic carbocycles. The van der Waals surface area contributed by atoms with Crippen LogP contribution >= 0.6 is 11.6 Å². The van der Waals surface area contributed by atoms with Crippen molar-refractivity contribution < 1.29 is 4.43 Å². The molecule has 0 spiro atoms. The first-order valence-corrected chi connectivity index (χ1v) is 13.2. The minimum absolute atomic E-state index is 0.117. The zero-order valence-electron chi connectivity index (χ0n) is 18.1. The number of aromatic nitrogens is 4. The molecule has 6 nitrogen and oxygen atoms in total. The summed E-state index contributed by atoms with van der Waals surface area (Å²) >= 11 is 6.12. The average molecular weight is 442 g/mol. The minimum Gasteiger partial charge on any atom is -0.414 e. The molecule has 158 valence electrons. The van der Waals surface area contributed by atoms with Gasteiger partial charge in [-0.3, -0.25) is 0 Å². The second-order valence-corrected chi connectivity index (χ2v) is 13.8. The second kappa shape index (κ2) is 9.20. The molecule has 3 aromatic rings. The van der Waals surface area contributed by atoms with Gasteiger partial charge in [-0.25, -0.2) is 19.9 Å². The van der Waals surface area contributed by atoms with E-state index in [0.717, 1.165) is 5.56 Å². The Bertz CT molecular complexity index is 964. The Morgan fingerprint density at radius 2 is 1.70 bits per heavy atom. The summed E-state index contributed by atoms with van der Waals surface area (Å²) in [5.41, 5.74) is 1.79. The van der Waals surface area contributed by atoms with Crippen LogP contribution in [-0.2, 0) is 4.43 Å². The van der Waals surface area contributed by atoms with Crippen molar-refractivity contribution in [3.63, 3.8) is 0 Å². The lowest BCUT2D eigenvalue weighted by molar-refractivity contribution is 0.272. The van der Waals surface area contributed by atoms with E-state index >= 15 is 0 Å². The summed E-state index contributed by atoms with van der Waals surface area (Å²) in [7, 11) is -1.93. The Morgan fingerprint density at radius 1 is 1.03 bits per heavy atom. The summed E-state index contributed by atoms with van der Waals surface area (Å²) in [5.74, 6) is 1.11. The van der Waals surface area contributed by atoms with Gasteiger partial charge in [-0.15, -0.1) is 0 Å². The molecule has 0 aliphatic rings. The third-order valence-corrected chi connectivity index (χ3v) is 10.2. The Hall–Kier alpha value is -2.35. The molecular weight excluding hydrogens is 414 g/mol. The molecule has 30 heavy (non-hydrogen) atoms. The molecule has 3 rings (SSSR count). The van der Waals surface area contributed by atoms with Gasteiger partial charge in [0.15, 0.2) is 14.1 Å². The van der Waals surface area contributed by atoms with Gasteiger partial charge in [-0.2, -0.15) is 0 Å². The van der Waals surface area contributed by atoms with Gasteiger partial charge in [0.1, 0.15) is 5.82 Å². The zero-order chi connectivity index (χ0) is 21.8. The van der Waals surface area contributed by atoms with Crippen LogP contribution in [0.3, 0.4) is 0 Å². The Kier molecular flexibility index (Phi) is 6.85. The molecule has 2 aromatic heterocycles. The van der Waals surface area contributed by atoms with Crippen molar-refractivity contribution in [2.75, 3.05) is 11.9 Å². The Balaban J connectivity index is 1.94. The summed E-state index contributed by atoms with van der Waals surface area (Å²) in [6.45, 7) is 11.7. The highest BCUT2D eigenvalue weighted by molar-refractivity contribution is 6.74. The first-order valence-electron chi connectivity index (χ1n) is 9.93. The highest BCUT2D eigenvalue weighted by atomic mass is 35.5. The number of nitrogens with zero attached hydrogens (tertiary/aromatic N) is 4. The van der Waals surface area contributed by atoms with Gasteiger partial charge in [-0.05, 0) is 41.4 Å². The smallest absolute Gasteiger partial charge is 0.224 e. The quantitative estimate of drug-likeness (QED) is 0.371. The van der Waals surface area contributed by atoms with Gasteiger partial charge in [0.2, 0.25) is 5.28 Å². The van der Waals surface area contributed by atoms with Gasteiger partial charge < -0.3 is 9.74 Å². The van der Waals surface area contributed by atoms with Crippen molar-refractivity contribution in [3.8, 4) is 11.4 Å². The van der Waals surface area contributed by atoms with Crippen molar-refractivity contribution in [2.24, 2.45) is 0 Å². The lowest BCUT2D eigenvalue weighted by Gasteiger charge is -2.37. The number of anilines is 1. The molecule has 8 heteroatoms. The van der Waals surface area contributed by atoms with Crippen molar-refractivity contribution in [2.45, 2.75) is 44.9 Å². The third-order valence-electron chi connectivity index (χ3n) is 5.50. The van der Waals surface area contributed by atoms with E-state index in [1.54, 1.807) is 24.7 Å². The molecule has 1 atom stereocenters. The molecule has 0 saturated heterocycles. The molecule has 0 saturated carbocycles. The van der Waals surface area contributed by atoms with Crippen LogP contribution in [0.4, 0.5) is 5.82 Å². The largest absolute Gasteiger partial charge is 0.414 e. The highest BCUT2D eigenvalue weighted by Gasteiger charge is 2.37. The van der Waals surface area contributed by atoms with E-state index in [-0.39, 0.29) is 16.4 Å². The molecule has 0 fully saturated rings. The normalized spacial score (nSPS) is 13.1. The molecule has 0 radical (unpaired) electrons. The molecule has 0 bridgehead atoms. The maximum Gasteiger partial charge on any atom is 0.224 e. The number of rotatable bonds is 7. The van der Waals surface area contributed by atoms with E-state index in [2.05, 4.69) is 71.3 Å². The second-order valence-electron chi connectivity index (χ2n) is 8.65.